The number of amides is 2. The largest absolute Gasteiger partial charge is 0.504 e. The van der Waals surface area contributed by atoms with Gasteiger partial charge in [-0.1, -0.05) is 42.8 Å². The lowest BCUT2D eigenvalue weighted by molar-refractivity contribution is -0.184. The first-order valence-corrected chi connectivity index (χ1v) is 17.2. The molecule has 0 aliphatic carbocycles. The molecule has 0 unspecified atom stereocenters. The van der Waals surface area contributed by atoms with Crippen LogP contribution in [0.15, 0.2) is 53.6 Å². The Labute approximate surface area is 309 Å². The number of hydrogen-bond acceptors (Lipinski definition) is 11. The summed E-state index contributed by atoms with van der Waals surface area (Å²) in [6, 6.07) is 9.40. The van der Waals surface area contributed by atoms with E-state index in [0.29, 0.717) is 22.9 Å². The maximum atomic E-state index is 14.3. The number of benzene rings is 2. The van der Waals surface area contributed by atoms with E-state index in [1.807, 2.05) is 0 Å². The number of nitrogens with zero attached hydrogens (tertiary/aromatic N) is 8. The molecule has 7 rings (SSSR count). The molecule has 3 N–H and O–H groups in total. The quantitative estimate of drug-likeness (QED) is 0.211. The van der Waals surface area contributed by atoms with Gasteiger partial charge in [-0.15, -0.1) is 5.10 Å². The lowest BCUT2D eigenvalue weighted by atomic mass is 9.91. The van der Waals surface area contributed by atoms with Crippen molar-refractivity contribution in [2.24, 2.45) is 0 Å². The zero-order valence-corrected chi connectivity index (χ0v) is 29.6. The number of anilines is 2. The molecule has 54 heavy (non-hydrogen) atoms. The second-order valence-corrected chi connectivity index (χ2v) is 13.4. The van der Waals surface area contributed by atoms with E-state index in [1.54, 1.807) is 43.0 Å². The van der Waals surface area contributed by atoms with E-state index < -0.39 is 41.3 Å². The van der Waals surface area contributed by atoms with Crippen LogP contribution in [-0.2, 0) is 34.3 Å². The summed E-state index contributed by atoms with van der Waals surface area (Å²) in [5.41, 5.74) is -0.725. The molecule has 0 radical (unpaired) electrons. The molecule has 2 saturated heterocycles. The summed E-state index contributed by atoms with van der Waals surface area (Å²) in [4.78, 5) is 57.0. The Kier molecular flexibility index (Phi) is 9.53. The predicted molar refractivity (Wildman–Crippen MR) is 188 cm³/mol. The van der Waals surface area contributed by atoms with Gasteiger partial charge < -0.3 is 34.6 Å². The number of aromatic hydroxyl groups is 1. The first-order chi connectivity index (χ1) is 25.7. The molecular formula is C35H33ClF3N9O6. The molecule has 0 bridgehead atoms. The minimum atomic E-state index is -4.63. The summed E-state index contributed by atoms with van der Waals surface area (Å²) < 4.78 is 47.5. The van der Waals surface area contributed by atoms with E-state index in [2.05, 4.69) is 25.4 Å². The van der Waals surface area contributed by atoms with Crippen LogP contribution in [0.4, 0.5) is 24.5 Å². The van der Waals surface area contributed by atoms with Crippen LogP contribution in [0.3, 0.4) is 0 Å². The van der Waals surface area contributed by atoms with Gasteiger partial charge in [0.25, 0.3) is 11.5 Å². The lowest BCUT2D eigenvalue weighted by Crippen LogP contribution is -2.51. The second kappa shape index (κ2) is 14.0. The van der Waals surface area contributed by atoms with Crippen molar-refractivity contribution in [3.05, 3.63) is 92.4 Å². The molecule has 5 aromatic rings. The Morgan fingerprint density at radius 3 is 2.37 bits per heavy atom. The van der Waals surface area contributed by atoms with Gasteiger partial charge in [0, 0.05) is 31.7 Å². The highest BCUT2D eigenvalue weighted by molar-refractivity contribution is 6.33. The standard InChI is InChI=1S/C35H33ClF3N9O6/c1-3-25-28(45-10-12-46(13-11-45)31(51)27-29(50)19(2)40-18-41-27)32(52)48-33(43-30(44-48)20-4-6-21(7-5-20)34(53)16-54-17-34)47(25)15-26(49)42-24-9-8-22(14-23(24)36)35(37,38)39/h4-9,14,18,50,53H,3,10-13,15-17H2,1-2H3,(H,42,49). The number of ether oxygens (including phenoxy) is 1. The summed E-state index contributed by atoms with van der Waals surface area (Å²) in [7, 11) is 0. The van der Waals surface area contributed by atoms with Gasteiger partial charge in [0.05, 0.1) is 40.9 Å². The van der Waals surface area contributed by atoms with E-state index in [0.717, 1.165) is 16.6 Å². The van der Waals surface area contributed by atoms with Gasteiger partial charge in [-0.2, -0.15) is 22.7 Å². The van der Waals surface area contributed by atoms with Crippen LogP contribution >= 0.6 is 11.6 Å². The first-order valence-electron chi connectivity index (χ1n) is 16.8. The van der Waals surface area contributed by atoms with Crippen molar-refractivity contribution in [3.63, 3.8) is 0 Å². The molecule has 2 aliphatic heterocycles. The van der Waals surface area contributed by atoms with Crippen LogP contribution in [-0.4, -0.2) is 95.5 Å². The monoisotopic (exact) mass is 767 g/mol. The van der Waals surface area contributed by atoms with Crippen molar-refractivity contribution in [3.8, 4) is 17.1 Å². The molecule has 2 aromatic carbocycles. The topological polar surface area (TPSA) is 180 Å². The van der Waals surface area contributed by atoms with Gasteiger partial charge in [0.2, 0.25) is 11.7 Å². The lowest BCUT2D eigenvalue weighted by Gasteiger charge is -2.36. The minimum Gasteiger partial charge on any atom is -0.504 e. The first kappa shape index (κ1) is 36.8. The normalized spacial score (nSPS) is 15.7. The number of piperazine rings is 1. The molecule has 282 valence electrons. The highest BCUT2D eigenvalue weighted by atomic mass is 35.5. The number of halogens is 4. The highest BCUT2D eigenvalue weighted by Crippen LogP contribution is 2.34. The van der Waals surface area contributed by atoms with Gasteiger partial charge in [0.1, 0.15) is 24.2 Å². The number of rotatable bonds is 8. The van der Waals surface area contributed by atoms with Gasteiger partial charge in [-0.05, 0) is 37.1 Å². The van der Waals surface area contributed by atoms with Crippen LogP contribution in [0.1, 0.15) is 39.9 Å². The van der Waals surface area contributed by atoms with E-state index in [-0.39, 0.29) is 91.0 Å². The van der Waals surface area contributed by atoms with Crippen molar-refractivity contribution < 1.29 is 37.7 Å². The van der Waals surface area contributed by atoms with E-state index in [4.69, 9.17) is 16.3 Å². The van der Waals surface area contributed by atoms with E-state index >= 15 is 0 Å². The average Bonchev–Trinajstić information content (AvgIpc) is 3.59. The number of alkyl halides is 3. The number of aromatic nitrogens is 6. The highest BCUT2D eigenvalue weighted by Gasteiger charge is 2.38. The van der Waals surface area contributed by atoms with Gasteiger partial charge in [-0.25, -0.2) is 9.97 Å². The number of hydrogen-bond donors (Lipinski definition) is 3. The van der Waals surface area contributed by atoms with Gasteiger partial charge in [0.15, 0.2) is 17.3 Å². The van der Waals surface area contributed by atoms with Crippen molar-refractivity contribution in [1.29, 1.82) is 0 Å². The SMILES string of the molecule is CCc1c(N2CCN(C(=O)c3ncnc(C)c3O)CC2)c(=O)n2nc(-c3ccc(C4(O)COC4)cc3)nc2n1CC(=O)Nc1ccc(C(F)(F)F)cc1Cl. The fourth-order valence-electron chi connectivity index (χ4n) is 6.48. The number of carbonyl (C=O) groups is 2. The Hall–Kier alpha value is -5.59. The number of fused-ring (bicyclic) bond motifs is 1. The molecule has 0 atom stereocenters. The fraction of sp³-hybridized carbons (Fsp3) is 0.343. The number of nitrogens with one attached hydrogen (secondary N) is 1. The maximum Gasteiger partial charge on any atom is 0.416 e. The van der Waals surface area contributed by atoms with Crippen LogP contribution < -0.4 is 15.8 Å². The Balaban J connectivity index is 1.24. The minimum absolute atomic E-state index is 0.0304. The smallest absolute Gasteiger partial charge is 0.416 e. The summed E-state index contributed by atoms with van der Waals surface area (Å²) >= 11 is 6.13. The zero-order valence-electron chi connectivity index (χ0n) is 28.9. The van der Waals surface area contributed by atoms with E-state index in [9.17, 15) is 37.8 Å². The molecule has 2 fully saturated rings. The van der Waals surface area contributed by atoms with Crippen LogP contribution in [0.25, 0.3) is 17.2 Å². The number of aliphatic hydroxyl groups is 1. The van der Waals surface area contributed by atoms with E-state index in [1.165, 1.54) is 15.8 Å². The number of carbonyl (C=O) groups excluding carboxylic acids is 2. The van der Waals surface area contributed by atoms with Gasteiger partial charge >= 0.3 is 6.18 Å². The summed E-state index contributed by atoms with van der Waals surface area (Å²) in [5, 5.41) is 27.9. The zero-order chi connectivity index (χ0) is 38.5. The van der Waals surface area contributed by atoms with Crippen LogP contribution in [0, 0.1) is 6.92 Å². The van der Waals surface area contributed by atoms with Crippen molar-refractivity contribution in [1.82, 2.24) is 34.0 Å². The molecule has 0 saturated carbocycles. The Bertz CT molecular complexity index is 2340. The van der Waals surface area contributed by atoms with Crippen LogP contribution in [0.5, 0.6) is 5.75 Å². The molecule has 3 aromatic heterocycles. The predicted octanol–water partition coefficient (Wildman–Crippen LogP) is 3.42. The van der Waals surface area contributed by atoms with Crippen molar-refractivity contribution in [2.45, 2.75) is 38.6 Å². The molecule has 19 heteroatoms. The molecule has 0 spiro atoms. The molecular weight excluding hydrogens is 735 g/mol. The third-order valence-corrected chi connectivity index (χ3v) is 9.80. The third-order valence-electron chi connectivity index (χ3n) is 9.49. The summed E-state index contributed by atoms with van der Waals surface area (Å²) in [6.07, 6.45) is -3.19. The second-order valence-electron chi connectivity index (χ2n) is 13.0. The Morgan fingerprint density at radius 1 is 1.06 bits per heavy atom. The number of aryl methyl sites for hydroxylation is 1. The molecule has 2 amide bonds. The maximum absolute atomic E-state index is 14.3. The summed E-state index contributed by atoms with van der Waals surface area (Å²) in [5.74, 6) is -1.29. The third kappa shape index (κ3) is 6.71. The molecule has 15 nitrogen and oxygen atoms in total. The van der Waals surface area contributed by atoms with Crippen molar-refractivity contribution >= 4 is 40.6 Å². The van der Waals surface area contributed by atoms with Crippen LogP contribution in [0.2, 0.25) is 5.02 Å². The van der Waals surface area contributed by atoms with Gasteiger partial charge in [-0.3, -0.25) is 14.4 Å². The average molecular weight is 768 g/mol. The molecule has 2 aliphatic rings. The Morgan fingerprint density at radius 2 is 1.76 bits per heavy atom. The molecule has 5 heterocycles. The fourth-order valence-corrected chi connectivity index (χ4v) is 6.70. The summed E-state index contributed by atoms with van der Waals surface area (Å²) in [6.45, 7) is 3.98. The van der Waals surface area contributed by atoms with Crippen molar-refractivity contribution in [2.75, 3.05) is 49.6 Å².